The predicted octanol–water partition coefficient (Wildman–Crippen LogP) is 4.34. The van der Waals surface area contributed by atoms with E-state index < -0.39 is 15.8 Å². The van der Waals surface area contributed by atoms with Gasteiger partial charge in [-0.05, 0) is 29.7 Å². The first-order chi connectivity index (χ1) is 11.0. The quantitative estimate of drug-likeness (QED) is 0.691. The SMILES string of the molecule is O=S1(=O)c2cccc3cccc(c23)N1Cc1c(F)cccc1Cl. The van der Waals surface area contributed by atoms with Gasteiger partial charge in [-0.25, -0.2) is 12.8 Å². The molecule has 0 amide bonds. The van der Waals surface area contributed by atoms with Crippen LogP contribution in [-0.4, -0.2) is 8.42 Å². The summed E-state index contributed by atoms with van der Waals surface area (Å²) in [4.78, 5) is 0.248. The number of benzene rings is 3. The lowest BCUT2D eigenvalue weighted by Crippen LogP contribution is -2.27. The van der Waals surface area contributed by atoms with Crippen molar-refractivity contribution >= 4 is 38.1 Å². The molecule has 3 aromatic carbocycles. The predicted molar refractivity (Wildman–Crippen MR) is 88.7 cm³/mol. The molecule has 0 bridgehead atoms. The molecule has 0 spiro atoms. The maximum absolute atomic E-state index is 14.1. The summed E-state index contributed by atoms with van der Waals surface area (Å²) in [6, 6.07) is 14.8. The Balaban J connectivity index is 1.93. The molecule has 6 heteroatoms. The number of anilines is 1. The van der Waals surface area contributed by atoms with Crippen LogP contribution in [0, 0.1) is 5.82 Å². The fourth-order valence-electron chi connectivity index (χ4n) is 2.96. The Kier molecular flexibility index (Phi) is 3.11. The third-order valence-corrected chi connectivity index (χ3v) is 6.20. The number of nitrogens with zero attached hydrogens (tertiary/aromatic N) is 1. The molecule has 0 N–H and O–H groups in total. The van der Waals surface area contributed by atoms with Crippen molar-refractivity contribution in [2.75, 3.05) is 4.31 Å². The monoisotopic (exact) mass is 347 g/mol. The summed E-state index contributed by atoms with van der Waals surface area (Å²) in [6.07, 6.45) is 0. The van der Waals surface area contributed by atoms with Crippen molar-refractivity contribution in [3.8, 4) is 0 Å². The molecule has 0 saturated carbocycles. The molecule has 0 saturated heterocycles. The van der Waals surface area contributed by atoms with Gasteiger partial charge in [0.05, 0.1) is 17.1 Å². The normalized spacial score (nSPS) is 15.3. The van der Waals surface area contributed by atoms with Crippen LogP contribution in [0.3, 0.4) is 0 Å². The van der Waals surface area contributed by atoms with Gasteiger partial charge in [-0.1, -0.05) is 41.9 Å². The van der Waals surface area contributed by atoms with E-state index in [4.69, 9.17) is 11.6 Å². The Morgan fingerprint density at radius 2 is 1.70 bits per heavy atom. The summed E-state index contributed by atoms with van der Waals surface area (Å²) in [6.45, 7) is -0.137. The third-order valence-electron chi connectivity index (χ3n) is 4.04. The molecule has 0 fully saturated rings. The Morgan fingerprint density at radius 3 is 2.43 bits per heavy atom. The molecule has 4 rings (SSSR count). The minimum Gasteiger partial charge on any atom is -0.261 e. The lowest BCUT2D eigenvalue weighted by Gasteiger charge is -2.20. The smallest absolute Gasteiger partial charge is 0.261 e. The first kappa shape index (κ1) is 14.5. The fraction of sp³-hybridized carbons (Fsp3) is 0.0588. The van der Waals surface area contributed by atoms with Gasteiger partial charge in [-0.3, -0.25) is 4.31 Å². The Labute approximate surface area is 138 Å². The van der Waals surface area contributed by atoms with Crippen molar-refractivity contribution in [1.29, 1.82) is 0 Å². The van der Waals surface area contributed by atoms with Crippen LogP contribution in [0.4, 0.5) is 10.1 Å². The van der Waals surface area contributed by atoms with Gasteiger partial charge < -0.3 is 0 Å². The van der Waals surface area contributed by atoms with Gasteiger partial charge in [-0.2, -0.15) is 0 Å². The summed E-state index contributed by atoms with van der Waals surface area (Å²) >= 11 is 6.05. The van der Waals surface area contributed by atoms with E-state index in [-0.39, 0.29) is 22.0 Å². The van der Waals surface area contributed by atoms with E-state index in [0.717, 1.165) is 5.39 Å². The molecule has 1 heterocycles. The Hall–Kier alpha value is -2.11. The average Bonchev–Trinajstić information content (AvgIpc) is 2.74. The topological polar surface area (TPSA) is 37.4 Å². The summed E-state index contributed by atoms with van der Waals surface area (Å²) < 4.78 is 41.0. The lowest BCUT2D eigenvalue weighted by atomic mass is 10.1. The molecular formula is C17H11ClFNO2S. The van der Waals surface area contributed by atoms with E-state index in [9.17, 15) is 12.8 Å². The van der Waals surface area contributed by atoms with Crippen LogP contribution in [0.15, 0.2) is 59.5 Å². The minimum atomic E-state index is -3.72. The van der Waals surface area contributed by atoms with Gasteiger partial charge in [0.15, 0.2) is 0 Å². The zero-order chi connectivity index (χ0) is 16.2. The molecule has 3 aromatic rings. The van der Waals surface area contributed by atoms with Crippen molar-refractivity contribution in [3.63, 3.8) is 0 Å². The number of halogens is 2. The Morgan fingerprint density at radius 1 is 1.00 bits per heavy atom. The second-order valence-corrected chi connectivity index (χ2v) is 7.58. The second kappa shape index (κ2) is 4.94. The molecule has 0 aliphatic carbocycles. The van der Waals surface area contributed by atoms with E-state index in [2.05, 4.69) is 0 Å². The molecule has 1 aliphatic heterocycles. The molecule has 0 atom stereocenters. The number of rotatable bonds is 2. The molecular weight excluding hydrogens is 337 g/mol. The minimum absolute atomic E-state index is 0.137. The van der Waals surface area contributed by atoms with Gasteiger partial charge in [0.2, 0.25) is 0 Å². The van der Waals surface area contributed by atoms with Crippen LogP contribution in [0.2, 0.25) is 5.02 Å². The third kappa shape index (κ3) is 2.04. The molecule has 0 unspecified atom stereocenters. The number of hydrogen-bond acceptors (Lipinski definition) is 2. The zero-order valence-electron chi connectivity index (χ0n) is 11.8. The highest BCUT2D eigenvalue weighted by Crippen LogP contribution is 2.43. The largest absolute Gasteiger partial charge is 0.265 e. The van der Waals surface area contributed by atoms with Gasteiger partial charge in [-0.15, -0.1) is 0 Å². The van der Waals surface area contributed by atoms with Crippen molar-refractivity contribution in [2.24, 2.45) is 0 Å². The molecule has 0 radical (unpaired) electrons. The average molecular weight is 348 g/mol. The van der Waals surface area contributed by atoms with Crippen molar-refractivity contribution in [1.82, 2.24) is 0 Å². The number of hydrogen-bond donors (Lipinski definition) is 0. The zero-order valence-corrected chi connectivity index (χ0v) is 13.4. The standard InChI is InChI=1S/C17H11ClFNO2S/c18-13-6-3-7-14(19)12(13)10-20-15-8-1-4-11-5-2-9-16(17(11)15)23(20,21)22/h1-9H,10H2. The first-order valence-corrected chi connectivity index (χ1v) is 8.79. The second-order valence-electron chi connectivity index (χ2n) is 5.34. The van der Waals surface area contributed by atoms with Gasteiger partial charge in [0.25, 0.3) is 10.0 Å². The highest BCUT2D eigenvalue weighted by Gasteiger charge is 2.36. The van der Waals surface area contributed by atoms with Crippen LogP contribution in [0.25, 0.3) is 10.8 Å². The van der Waals surface area contributed by atoms with Crippen molar-refractivity contribution in [3.05, 3.63) is 71.0 Å². The van der Waals surface area contributed by atoms with E-state index >= 15 is 0 Å². The van der Waals surface area contributed by atoms with Crippen LogP contribution >= 0.6 is 11.6 Å². The molecule has 116 valence electrons. The van der Waals surface area contributed by atoms with E-state index in [1.54, 1.807) is 30.3 Å². The number of sulfonamides is 1. The molecule has 1 aliphatic rings. The van der Waals surface area contributed by atoms with Crippen LogP contribution < -0.4 is 4.31 Å². The first-order valence-electron chi connectivity index (χ1n) is 6.97. The molecule has 23 heavy (non-hydrogen) atoms. The van der Waals surface area contributed by atoms with Crippen molar-refractivity contribution in [2.45, 2.75) is 11.4 Å². The fourth-order valence-corrected chi connectivity index (χ4v) is 4.86. The summed E-state index contributed by atoms with van der Waals surface area (Å²) in [5.74, 6) is -0.518. The van der Waals surface area contributed by atoms with Gasteiger partial charge in [0, 0.05) is 16.0 Å². The highest BCUT2D eigenvalue weighted by atomic mass is 35.5. The lowest BCUT2D eigenvalue weighted by molar-refractivity contribution is 0.588. The Bertz CT molecular complexity index is 1020. The van der Waals surface area contributed by atoms with E-state index in [1.165, 1.54) is 16.4 Å². The van der Waals surface area contributed by atoms with Crippen LogP contribution in [0.1, 0.15) is 5.56 Å². The van der Waals surface area contributed by atoms with E-state index in [0.29, 0.717) is 11.1 Å². The maximum Gasteiger partial charge on any atom is 0.265 e. The molecule has 0 aromatic heterocycles. The van der Waals surface area contributed by atoms with Crippen LogP contribution in [0.5, 0.6) is 0 Å². The summed E-state index contributed by atoms with van der Waals surface area (Å²) in [5, 5.41) is 1.72. The van der Waals surface area contributed by atoms with E-state index in [1.807, 2.05) is 12.1 Å². The van der Waals surface area contributed by atoms with Gasteiger partial charge in [0.1, 0.15) is 5.82 Å². The highest BCUT2D eigenvalue weighted by molar-refractivity contribution is 7.93. The summed E-state index contributed by atoms with van der Waals surface area (Å²) in [7, 11) is -3.72. The molecule has 3 nitrogen and oxygen atoms in total. The van der Waals surface area contributed by atoms with Crippen LogP contribution in [-0.2, 0) is 16.6 Å². The summed E-state index contributed by atoms with van der Waals surface area (Å²) in [5.41, 5.74) is 0.722. The van der Waals surface area contributed by atoms with Crippen molar-refractivity contribution < 1.29 is 12.8 Å². The van der Waals surface area contributed by atoms with Gasteiger partial charge >= 0.3 is 0 Å². The maximum atomic E-state index is 14.1.